The second-order valence-corrected chi connectivity index (χ2v) is 11.9. The lowest BCUT2D eigenvalue weighted by molar-refractivity contribution is -0.636. The van der Waals surface area contributed by atoms with Gasteiger partial charge < -0.3 is 19.7 Å². The SMILES string of the molecule is OBOc1ccccc1C[n+]1c2ccccc2c(-c2c3ccccc3[n+](Cc3ccccc3B(O)O)c3ccccc23)c2ccccc21. The zero-order chi connectivity index (χ0) is 32.6. The van der Waals surface area contributed by atoms with Crippen molar-refractivity contribution in [2.24, 2.45) is 0 Å². The Hall–Kier alpha value is -5.53. The maximum absolute atomic E-state index is 10.2. The Morgan fingerprint density at radius 1 is 0.479 bits per heavy atom. The minimum atomic E-state index is -1.56. The molecule has 0 atom stereocenters. The molecule has 0 fully saturated rings. The smallest absolute Gasteiger partial charge is 0.504 e. The van der Waals surface area contributed by atoms with Gasteiger partial charge in [0.05, 0.1) is 27.1 Å². The summed E-state index contributed by atoms with van der Waals surface area (Å²) in [7, 11) is -1.95. The summed E-state index contributed by atoms with van der Waals surface area (Å²) >= 11 is 0. The van der Waals surface area contributed by atoms with E-state index in [0.29, 0.717) is 24.3 Å². The fourth-order valence-corrected chi connectivity index (χ4v) is 7.23. The van der Waals surface area contributed by atoms with E-state index in [9.17, 15) is 15.1 Å². The van der Waals surface area contributed by atoms with Crippen LogP contribution in [-0.2, 0) is 13.1 Å². The Bertz CT molecular complexity index is 2370. The fourth-order valence-electron chi connectivity index (χ4n) is 7.23. The Kier molecular flexibility index (Phi) is 7.82. The highest BCUT2D eigenvalue weighted by atomic mass is 16.5. The standard InChI is InChI=1S/C40H32B2N2O4/c45-41-48-38-24-12-2-14-28(38)26-44-36-22-10-5-17-31(36)40(32-18-6-11-23-37(32)44)39-29-15-3-8-20-34(29)43(35-21-9-4-16-30(35)39)25-27-13-1-7-19-33(27)42(46)47/h1-24,41,45-47H,25-26H2/q+2. The molecule has 3 N–H and O–H groups in total. The Morgan fingerprint density at radius 2 is 0.854 bits per heavy atom. The van der Waals surface area contributed by atoms with Crippen LogP contribution < -0.4 is 19.3 Å². The van der Waals surface area contributed by atoms with E-state index >= 15 is 0 Å². The van der Waals surface area contributed by atoms with Crippen molar-refractivity contribution < 1.29 is 28.9 Å². The van der Waals surface area contributed by atoms with Crippen LogP contribution in [0.1, 0.15) is 11.1 Å². The number of nitrogens with zero attached hydrogens (tertiary/aromatic N) is 2. The Morgan fingerprint density at radius 3 is 1.31 bits per heavy atom. The maximum atomic E-state index is 10.2. The molecule has 0 bridgehead atoms. The van der Waals surface area contributed by atoms with E-state index in [4.69, 9.17) is 4.65 Å². The lowest BCUT2D eigenvalue weighted by Crippen LogP contribution is -2.42. The van der Waals surface area contributed by atoms with E-state index < -0.39 is 7.12 Å². The number of hydrogen-bond acceptors (Lipinski definition) is 4. The summed E-state index contributed by atoms with van der Waals surface area (Å²) in [5.74, 6) is 0.657. The van der Waals surface area contributed by atoms with E-state index in [-0.39, 0.29) is 7.69 Å². The molecule has 0 aliphatic carbocycles. The van der Waals surface area contributed by atoms with Crippen LogP contribution in [0, 0.1) is 0 Å². The lowest BCUT2D eigenvalue weighted by Gasteiger charge is -2.17. The third kappa shape index (κ3) is 5.07. The molecular weight excluding hydrogens is 594 g/mol. The van der Waals surface area contributed by atoms with Gasteiger partial charge in [-0.05, 0) is 41.9 Å². The predicted molar refractivity (Wildman–Crippen MR) is 193 cm³/mol. The third-order valence-electron chi connectivity index (χ3n) is 9.29. The summed E-state index contributed by atoms with van der Waals surface area (Å²) < 4.78 is 10.2. The minimum absolute atomic E-state index is 0.386. The average molecular weight is 626 g/mol. The summed E-state index contributed by atoms with van der Waals surface area (Å²) in [6.07, 6.45) is 0. The van der Waals surface area contributed by atoms with Crippen LogP contribution in [0.5, 0.6) is 5.75 Å². The molecule has 8 rings (SSSR count). The normalized spacial score (nSPS) is 11.4. The molecule has 0 saturated heterocycles. The van der Waals surface area contributed by atoms with Crippen molar-refractivity contribution in [2.45, 2.75) is 13.1 Å². The Balaban J connectivity index is 1.45. The monoisotopic (exact) mass is 626 g/mol. The molecule has 0 spiro atoms. The van der Waals surface area contributed by atoms with Crippen LogP contribution in [0.2, 0.25) is 0 Å². The molecule has 0 aliphatic heterocycles. The van der Waals surface area contributed by atoms with Gasteiger partial charge in [-0.15, -0.1) is 0 Å². The fraction of sp³-hybridized carbons (Fsp3) is 0.0500. The maximum Gasteiger partial charge on any atom is 0.504 e. The minimum Gasteiger partial charge on any atom is -0.538 e. The van der Waals surface area contributed by atoms with Crippen LogP contribution in [-0.4, -0.2) is 29.9 Å². The van der Waals surface area contributed by atoms with E-state index in [1.54, 1.807) is 6.07 Å². The van der Waals surface area contributed by atoms with Crippen molar-refractivity contribution in [3.63, 3.8) is 0 Å². The van der Waals surface area contributed by atoms with Crippen molar-refractivity contribution in [1.29, 1.82) is 0 Å². The summed E-state index contributed by atoms with van der Waals surface area (Å²) in [4.78, 5) is 0. The molecule has 0 unspecified atom stereocenters. The van der Waals surface area contributed by atoms with Crippen LogP contribution in [0.25, 0.3) is 54.7 Å². The highest BCUT2D eigenvalue weighted by Crippen LogP contribution is 2.41. The quantitative estimate of drug-likeness (QED) is 0.127. The predicted octanol–water partition coefficient (Wildman–Crippen LogP) is 4.96. The summed E-state index contributed by atoms with van der Waals surface area (Å²) in [6.45, 7) is 1.03. The molecule has 8 aromatic rings. The van der Waals surface area contributed by atoms with Crippen LogP contribution in [0.4, 0.5) is 0 Å². The first-order valence-electron chi connectivity index (χ1n) is 16.1. The van der Waals surface area contributed by atoms with E-state index in [1.807, 2.05) is 42.5 Å². The van der Waals surface area contributed by atoms with Gasteiger partial charge in [-0.3, -0.25) is 0 Å². The van der Waals surface area contributed by atoms with Crippen molar-refractivity contribution in [3.05, 3.63) is 157 Å². The van der Waals surface area contributed by atoms with Gasteiger partial charge in [-0.1, -0.05) is 84.9 Å². The molecular formula is C40H32B2N2O4+2. The second-order valence-electron chi connectivity index (χ2n) is 11.9. The lowest BCUT2D eigenvalue weighted by atomic mass is 9.77. The molecule has 6 nitrogen and oxygen atoms in total. The molecule has 6 aromatic carbocycles. The van der Waals surface area contributed by atoms with Gasteiger partial charge in [0.1, 0.15) is 5.75 Å². The van der Waals surface area contributed by atoms with E-state index in [0.717, 1.165) is 65.9 Å². The number of aromatic nitrogens is 2. The molecule has 2 heterocycles. The number of rotatable bonds is 8. The second kappa shape index (κ2) is 12.6. The van der Waals surface area contributed by atoms with Crippen molar-refractivity contribution in [1.82, 2.24) is 0 Å². The number of pyridine rings is 2. The molecule has 0 aliphatic rings. The van der Waals surface area contributed by atoms with Crippen LogP contribution in [0.3, 0.4) is 0 Å². The highest BCUT2D eigenvalue weighted by molar-refractivity contribution is 6.59. The zero-order valence-corrected chi connectivity index (χ0v) is 26.2. The van der Waals surface area contributed by atoms with Gasteiger partial charge in [0, 0.05) is 41.0 Å². The first-order chi connectivity index (χ1) is 23.6. The first-order valence-corrected chi connectivity index (χ1v) is 16.1. The van der Waals surface area contributed by atoms with Gasteiger partial charge in [0.25, 0.3) is 0 Å². The molecule has 0 saturated carbocycles. The largest absolute Gasteiger partial charge is 0.538 e. The molecule has 8 heteroatoms. The number of fused-ring (bicyclic) bond motifs is 4. The number of benzene rings is 6. The molecule has 2 aromatic heterocycles. The number of para-hydroxylation sites is 5. The zero-order valence-electron chi connectivity index (χ0n) is 26.2. The van der Waals surface area contributed by atoms with E-state index in [2.05, 4.69) is 106 Å². The van der Waals surface area contributed by atoms with Gasteiger partial charge in [0.15, 0.2) is 13.1 Å². The average Bonchev–Trinajstić information content (AvgIpc) is 3.13. The highest BCUT2D eigenvalue weighted by Gasteiger charge is 2.29. The van der Waals surface area contributed by atoms with Crippen LogP contribution >= 0.6 is 0 Å². The van der Waals surface area contributed by atoms with E-state index in [1.165, 1.54) is 0 Å². The molecule has 0 radical (unpaired) electrons. The van der Waals surface area contributed by atoms with Gasteiger partial charge in [-0.25, -0.2) is 0 Å². The Labute approximate surface area is 278 Å². The topological polar surface area (TPSA) is 77.7 Å². The third-order valence-corrected chi connectivity index (χ3v) is 9.29. The summed E-state index contributed by atoms with van der Waals surface area (Å²) in [5, 5.41) is 34.4. The van der Waals surface area contributed by atoms with Gasteiger partial charge >= 0.3 is 14.8 Å². The van der Waals surface area contributed by atoms with Gasteiger partial charge in [-0.2, -0.15) is 9.13 Å². The molecule has 48 heavy (non-hydrogen) atoms. The summed E-state index contributed by atoms with van der Waals surface area (Å²) in [6, 6.07) is 49.4. The van der Waals surface area contributed by atoms with Gasteiger partial charge in [0.2, 0.25) is 22.1 Å². The molecule has 0 amide bonds. The first kappa shape index (κ1) is 29.8. The van der Waals surface area contributed by atoms with Crippen molar-refractivity contribution in [3.8, 4) is 16.9 Å². The molecule has 230 valence electrons. The van der Waals surface area contributed by atoms with Crippen molar-refractivity contribution in [2.75, 3.05) is 0 Å². The number of hydrogen-bond donors (Lipinski definition) is 3. The van der Waals surface area contributed by atoms with Crippen molar-refractivity contribution >= 4 is 63.9 Å². The summed E-state index contributed by atoms with van der Waals surface area (Å²) in [5.41, 5.74) is 8.90. The van der Waals surface area contributed by atoms with Crippen LogP contribution in [0.15, 0.2) is 146 Å².